The van der Waals surface area contributed by atoms with E-state index in [9.17, 15) is 4.79 Å². The first-order chi connectivity index (χ1) is 11.2. The van der Waals surface area contributed by atoms with Crippen LogP contribution in [0.5, 0.6) is 0 Å². The van der Waals surface area contributed by atoms with Gasteiger partial charge in [0.2, 0.25) is 11.9 Å². The number of hydrogen-bond acceptors (Lipinski definition) is 4. The summed E-state index contributed by atoms with van der Waals surface area (Å²) >= 11 is 0. The number of carbonyl (C=O) groups excluding carboxylic acids is 1. The molecule has 3 heterocycles. The number of unbranched alkanes of at least 4 members (excludes halogenated alkanes) is 1. The predicted octanol–water partition coefficient (Wildman–Crippen LogP) is 3.23. The highest BCUT2D eigenvalue weighted by Gasteiger charge is 2.13. The number of fused-ring (bicyclic) bond motifs is 1. The summed E-state index contributed by atoms with van der Waals surface area (Å²) in [4.78, 5) is 25.0. The van der Waals surface area contributed by atoms with Crippen molar-refractivity contribution in [3.8, 4) is 11.4 Å². The van der Waals surface area contributed by atoms with Gasteiger partial charge in [0.05, 0.1) is 17.1 Å². The molecule has 1 amide bonds. The molecular formula is C17H19N5O. The van der Waals surface area contributed by atoms with Crippen LogP contribution in [-0.2, 0) is 4.79 Å². The lowest BCUT2D eigenvalue weighted by Crippen LogP contribution is -2.13. The fourth-order valence-electron chi connectivity index (χ4n) is 2.50. The van der Waals surface area contributed by atoms with E-state index in [2.05, 4.69) is 27.2 Å². The second-order valence-electron chi connectivity index (χ2n) is 5.39. The number of aromatic nitrogens is 4. The number of hydrogen-bond donors (Lipinski definition) is 1. The molecule has 0 aliphatic heterocycles. The molecule has 0 radical (unpaired) electrons. The maximum atomic E-state index is 11.8. The van der Waals surface area contributed by atoms with E-state index >= 15 is 0 Å². The summed E-state index contributed by atoms with van der Waals surface area (Å²) in [5, 5.41) is 2.76. The third-order valence-electron chi connectivity index (χ3n) is 3.61. The molecule has 0 aromatic carbocycles. The number of amides is 1. The van der Waals surface area contributed by atoms with E-state index in [-0.39, 0.29) is 5.91 Å². The van der Waals surface area contributed by atoms with Crippen LogP contribution < -0.4 is 5.32 Å². The van der Waals surface area contributed by atoms with Crippen molar-refractivity contribution in [3.63, 3.8) is 0 Å². The monoisotopic (exact) mass is 309 g/mol. The van der Waals surface area contributed by atoms with E-state index < -0.39 is 0 Å². The zero-order valence-electron chi connectivity index (χ0n) is 13.3. The van der Waals surface area contributed by atoms with Crippen LogP contribution in [0.3, 0.4) is 0 Å². The highest BCUT2D eigenvalue weighted by atomic mass is 16.1. The van der Waals surface area contributed by atoms with Gasteiger partial charge in [-0.05, 0) is 31.5 Å². The molecule has 3 rings (SSSR count). The molecule has 0 saturated heterocycles. The van der Waals surface area contributed by atoms with Gasteiger partial charge in [0, 0.05) is 18.8 Å². The Labute approximate surface area is 134 Å². The second-order valence-corrected chi connectivity index (χ2v) is 5.39. The highest BCUT2D eigenvalue weighted by Crippen LogP contribution is 2.23. The molecule has 0 atom stereocenters. The Morgan fingerprint density at radius 2 is 2.13 bits per heavy atom. The molecule has 0 unspecified atom stereocenters. The Morgan fingerprint density at radius 3 is 2.96 bits per heavy atom. The van der Waals surface area contributed by atoms with Gasteiger partial charge in [0.15, 0.2) is 0 Å². The lowest BCUT2D eigenvalue weighted by Gasteiger charge is -2.06. The first kappa shape index (κ1) is 15.1. The average molecular weight is 309 g/mol. The van der Waals surface area contributed by atoms with Crippen molar-refractivity contribution in [2.45, 2.75) is 33.1 Å². The molecule has 6 heteroatoms. The minimum atomic E-state index is -0.0566. The fraction of sp³-hybridized carbons (Fsp3) is 0.294. The van der Waals surface area contributed by atoms with Crippen LogP contribution in [0, 0.1) is 6.92 Å². The number of carbonyl (C=O) groups is 1. The third kappa shape index (κ3) is 3.21. The Balaban J connectivity index is 1.93. The number of rotatable bonds is 5. The average Bonchev–Trinajstić information content (AvgIpc) is 2.89. The number of anilines is 1. The summed E-state index contributed by atoms with van der Waals surface area (Å²) in [6, 6.07) is 7.67. The molecule has 0 saturated carbocycles. The van der Waals surface area contributed by atoms with Crippen molar-refractivity contribution in [1.82, 2.24) is 19.4 Å². The van der Waals surface area contributed by atoms with Crippen molar-refractivity contribution in [2.75, 3.05) is 5.32 Å². The first-order valence-corrected chi connectivity index (χ1v) is 7.76. The molecule has 1 N–H and O–H groups in total. The van der Waals surface area contributed by atoms with Gasteiger partial charge in [-0.1, -0.05) is 19.4 Å². The van der Waals surface area contributed by atoms with E-state index in [1.165, 1.54) is 0 Å². The summed E-state index contributed by atoms with van der Waals surface area (Å²) in [7, 11) is 0. The van der Waals surface area contributed by atoms with Crippen molar-refractivity contribution >= 4 is 17.5 Å². The Bertz CT molecular complexity index is 840. The van der Waals surface area contributed by atoms with Crippen molar-refractivity contribution in [3.05, 3.63) is 42.4 Å². The van der Waals surface area contributed by atoms with Crippen LogP contribution in [-0.4, -0.2) is 25.3 Å². The number of pyridine rings is 1. The van der Waals surface area contributed by atoms with E-state index in [1.807, 2.05) is 41.8 Å². The third-order valence-corrected chi connectivity index (χ3v) is 3.61. The van der Waals surface area contributed by atoms with Gasteiger partial charge in [0.25, 0.3) is 0 Å². The smallest absolute Gasteiger partial charge is 0.229 e. The van der Waals surface area contributed by atoms with E-state index in [1.54, 1.807) is 6.20 Å². The molecular weight excluding hydrogens is 290 g/mol. The molecule has 3 aromatic heterocycles. The van der Waals surface area contributed by atoms with E-state index in [0.29, 0.717) is 12.4 Å². The Morgan fingerprint density at radius 1 is 1.26 bits per heavy atom. The number of nitrogens with one attached hydrogen (secondary N) is 1. The van der Waals surface area contributed by atoms with E-state index in [0.717, 1.165) is 35.6 Å². The van der Waals surface area contributed by atoms with Crippen LogP contribution in [0.25, 0.3) is 17.0 Å². The van der Waals surface area contributed by atoms with Crippen LogP contribution in [0.1, 0.15) is 31.9 Å². The number of nitrogens with zero attached hydrogens (tertiary/aromatic N) is 4. The molecule has 0 spiro atoms. The maximum Gasteiger partial charge on any atom is 0.229 e. The molecule has 0 fully saturated rings. The molecule has 0 bridgehead atoms. The van der Waals surface area contributed by atoms with Crippen molar-refractivity contribution < 1.29 is 4.79 Å². The van der Waals surface area contributed by atoms with Crippen LogP contribution in [0.4, 0.5) is 5.95 Å². The van der Waals surface area contributed by atoms with Crippen molar-refractivity contribution in [1.29, 1.82) is 0 Å². The minimum absolute atomic E-state index is 0.0566. The number of imidazole rings is 1. The number of aryl methyl sites for hydroxylation is 1. The zero-order valence-corrected chi connectivity index (χ0v) is 13.3. The minimum Gasteiger partial charge on any atom is -0.298 e. The van der Waals surface area contributed by atoms with Crippen LogP contribution in [0.15, 0.2) is 36.7 Å². The second kappa shape index (κ2) is 6.56. The molecule has 23 heavy (non-hydrogen) atoms. The van der Waals surface area contributed by atoms with Gasteiger partial charge in [0.1, 0.15) is 5.65 Å². The van der Waals surface area contributed by atoms with E-state index in [4.69, 9.17) is 0 Å². The SMILES string of the molecule is CCCCC(=O)Nc1nccc(-c2c(C)nc3ccccn23)n1. The zero-order chi connectivity index (χ0) is 16.2. The topological polar surface area (TPSA) is 72.2 Å². The highest BCUT2D eigenvalue weighted by molar-refractivity contribution is 5.89. The Hall–Kier alpha value is -2.76. The standard InChI is InChI=1S/C17H19N5O/c1-3-4-8-15(23)21-17-18-10-9-13(20-17)16-12(2)19-14-7-5-6-11-22(14)16/h5-7,9-11H,3-4,8H2,1-2H3,(H,18,20,21,23). The summed E-state index contributed by atoms with van der Waals surface area (Å²) in [6.45, 7) is 4.00. The summed E-state index contributed by atoms with van der Waals surface area (Å²) in [6.07, 6.45) is 5.93. The predicted molar refractivity (Wildman–Crippen MR) is 89.1 cm³/mol. The summed E-state index contributed by atoms with van der Waals surface area (Å²) in [5.41, 5.74) is 3.40. The first-order valence-electron chi connectivity index (χ1n) is 7.76. The van der Waals surface area contributed by atoms with Crippen LogP contribution >= 0.6 is 0 Å². The normalized spacial score (nSPS) is 10.9. The lowest BCUT2D eigenvalue weighted by molar-refractivity contribution is -0.116. The fourth-order valence-corrected chi connectivity index (χ4v) is 2.50. The molecule has 0 aliphatic carbocycles. The summed E-state index contributed by atoms with van der Waals surface area (Å²) < 4.78 is 1.99. The largest absolute Gasteiger partial charge is 0.298 e. The van der Waals surface area contributed by atoms with Gasteiger partial charge >= 0.3 is 0 Å². The molecule has 118 valence electrons. The molecule has 0 aliphatic rings. The van der Waals surface area contributed by atoms with Gasteiger partial charge in [-0.15, -0.1) is 0 Å². The maximum absolute atomic E-state index is 11.8. The van der Waals surface area contributed by atoms with Crippen LogP contribution in [0.2, 0.25) is 0 Å². The lowest BCUT2D eigenvalue weighted by atomic mass is 10.2. The molecule has 3 aromatic rings. The molecule has 6 nitrogen and oxygen atoms in total. The van der Waals surface area contributed by atoms with Gasteiger partial charge in [-0.25, -0.2) is 15.0 Å². The Kier molecular flexibility index (Phi) is 4.32. The van der Waals surface area contributed by atoms with Gasteiger partial charge in [-0.2, -0.15) is 0 Å². The van der Waals surface area contributed by atoms with Crippen molar-refractivity contribution in [2.24, 2.45) is 0 Å². The van der Waals surface area contributed by atoms with Gasteiger partial charge < -0.3 is 0 Å². The summed E-state index contributed by atoms with van der Waals surface area (Å²) in [5.74, 6) is 0.271. The van der Waals surface area contributed by atoms with Gasteiger partial charge in [-0.3, -0.25) is 14.5 Å². The quantitative estimate of drug-likeness (QED) is 0.785.